The monoisotopic (exact) mass is 1550 g/mol. The highest BCUT2D eigenvalue weighted by atomic mass is 19.3. The molecule has 3 saturated heterocycles. The summed E-state index contributed by atoms with van der Waals surface area (Å²) in [6, 6.07) is 25.5. The molecule has 0 N–H and O–H groups in total. The van der Waals surface area contributed by atoms with Crippen LogP contribution >= 0.6 is 0 Å². The van der Waals surface area contributed by atoms with Gasteiger partial charge >= 0.3 is 18.3 Å². The summed E-state index contributed by atoms with van der Waals surface area (Å²) in [5, 5.41) is 0. The molecule has 27 heteroatoms. The Kier molecular flexibility index (Phi) is 26.9. The summed E-state index contributed by atoms with van der Waals surface area (Å²) < 4.78 is 325. The number of hydrogen-bond acceptors (Lipinski definition) is 6. The van der Waals surface area contributed by atoms with E-state index in [9.17, 15) is 92.2 Å². The van der Waals surface area contributed by atoms with Crippen LogP contribution in [-0.4, -0.2) is 19.8 Å². The summed E-state index contributed by atoms with van der Waals surface area (Å²) in [5.74, 6) is -28.0. The van der Waals surface area contributed by atoms with Crippen LogP contribution in [0.4, 0.5) is 92.2 Å². The molecule has 0 spiro atoms. The van der Waals surface area contributed by atoms with Crippen LogP contribution in [0.1, 0.15) is 156 Å². The Morgan fingerprint density at radius 3 is 0.780 bits per heavy atom. The van der Waals surface area contributed by atoms with E-state index in [0.717, 1.165) is 80.9 Å². The SMILES string of the molecule is CCC1CCC(c2ccc(-c3cc(F)c(C(F)(F)Oc4cc(F)c(F)c(F)c4)c(F)c3)cc2)OC1.CCCC1CCC(c2ccc(-c3cc(F)c(C(F)(F)Oc4cc(F)c(F)c(F)c4)c(F)c3)cc2)OC1.CCCCCC1CCC(c2ccc(-c3cc(F)c(C(F)(F)Oc4cc(F)c(F)c(F)c4)c(F)c3)cc2)OC1. The number of hydrogen-bond donors (Lipinski definition) is 0. The Labute approximate surface area is 613 Å². The van der Waals surface area contributed by atoms with E-state index in [1.54, 1.807) is 72.8 Å². The molecule has 0 aliphatic carbocycles. The summed E-state index contributed by atoms with van der Waals surface area (Å²) in [6.07, 6.45) is -0.468. The van der Waals surface area contributed by atoms with E-state index in [1.807, 2.05) is 0 Å². The minimum atomic E-state index is -4.64. The van der Waals surface area contributed by atoms with Crippen molar-refractivity contribution >= 4 is 0 Å². The molecule has 0 aromatic heterocycles. The van der Waals surface area contributed by atoms with Crippen LogP contribution in [0.25, 0.3) is 33.4 Å². The third-order valence-electron chi connectivity index (χ3n) is 19.1. The topological polar surface area (TPSA) is 55.4 Å². The molecule has 0 saturated carbocycles. The lowest BCUT2D eigenvalue weighted by molar-refractivity contribution is -0.190. The summed E-state index contributed by atoms with van der Waals surface area (Å²) in [5.41, 5.74) is -1.35. The molecule has 12 rings (SSSR count). The van der Waals surface area contributed by atoms with Gasteiger partial charge in [-0.1, -0.05) is 126 Å². The van der Waals surface area contributed by atoms with Gasteiger partial charge in [-0.15, -0.1) is 0 Å². The van der Waals surface area contributed by atoms with E-state index in [-0.39, 0.29) is 71.4 Å². The third kappa shape index (κ3) is 20.2. The van der Waals surface area contributed by atoms with Crippen molar-refractivity contribution < 1.29 is 121 Å². The molecule has 0 bridgehead atoms. The first-order valence-corrected chi connectivity index (χ1v) is 35.0. The molecule has 582 valence electrons. The maximum absolute atomic E-state index is 14.7. The number of benzene rings is 9. The van der Waals surface area contributed by atoms with Gasteiger partial charge in [0.1, 0.15) is 68.8 Å². The quantitative estimate of drug-likeness (QED) is 0.0383. The zero-order valence-corrected chi connectivity index (χ0v) is 58.5. The van der Waals surface area contributed by atoms with Crippen LogP contribution in [0.2, 0.25) is 0 Å². The van der Waals surface area contributed by atoms with E-state index in [2.05, 4.69) is 35.0 Å². The number of ether oxygens (including phenoxy) is 6. The van der Waals surface area contributed by atoms with Gasteiger partial charge in [0.15, 0.2) is 52.4 Å². The minimum Gasteiger partial charge on any atom is -0.429 e. The predicted octanol–water partition coefficient (Wildman–Crippen LogP) is 25.7. The first kappa shape index (κ1) is 82.3. The molecule has 6 nitrogen and oxygen atoms in total. The third-order valence-corrected chi connectivity index (χ3v) is 19.1. The van der Waals surface area contributed by atoms with Crippen molar-refractivity contribution in [3.05, 3.63) is 266 Å². The summed E-state index contributed by atoms with van der Waals surface area (Å²) in [7, 11) is 0. The number of unbranched alkanes of at least 4 members (excludes halogenated alkanes) is 2. The van der Waals surface area contributed by atoms with Gasteiger partial charge in [-0.2, -0.15) is 26.3 Å². The Balaban J connectivity index is 0.000000174. The fraction of sp³-hybridized carbons (Fsp3) is 0.341. The molecule has 6 atom stereocenters. The van der Waals surface area contributed by atoms with Crippen LogP contribution in [0.5, 0.6) is 17.2 Å². The molecule has 3 heterocycles. The molecule has 3 fully saturated rings. The van der Waals surface area contributed by atoms with Crippen LogP contribution in [0.3, 0.4) is 0 Å². The van der Waals surface area contributed by atoms with Crippen molar-refractivity contribution in [1.29, 1.82) is 0 Å². The van der Waals surface area contributed by atoms with Crippen molar-refractivity contribution in [2.75, 3.05) is 19.8 Å². The minimum absolute atomic E-state index is 0.000538. The molecule has 0 amide bonds. The van der Waals surface area contributed by atoms with Gasteiger partial charge < -0.3 is 28.4 Å². The highest BCUT2D eigenvalue weighted by molar-refractivity contribution is 5.67. The molecule has 9 aromatic rings. The second-order valence-electron chi connectivity index (χ2n) is 26.8. The van der Waals surface area contributed by atoms with Crippen molar-refractivity contribution in [3.8, 4) is 50.6 Å². The standard InChI is InChI=1S/C29H27F7O2.C27H23F7O2.C26H21F7O2/c1-2-3-4-5-17-6-11-26(37-16-17)19-9-7-18(8-10-19)20-12-22(30)27(23(31)13-20)29(35,36)38-21-14-24(32)28(34)25(33)15-21;1-2-3-15-4-9-24(35-14-15)17-7-5-16(6-8-17)18-10-20(28)25(21(29)11-18)27(33,34)36-19-12-22(30)26(32)23(31)13-19;1-2-14-3-8-23(34-13-14)16-6-4-15(5-7-16)17-9-19(27)24(20(28)10-17)26(32,33)35-18-11-21(29)25(31)22(30)12-18/h7-10,12-15,17,26H,2-6,11,16H2,1H3;5-8,10-13,15,24H,2-4,9,14H2,1H3;4-7,9-12,14,23H,2-3,8,13H2,1H3. The van der Waals surface area contributed by atoms with Gasteiger partial charge in [0.25, 0.3) is 0 Å². The summed E-state index contributed by atoms with van der Waals surface area (Å²) in [6.45, 7) is 8.42. The first-order valence-electron chi connectivity index (χ1n) is 35.0. The van der Waals surface area contributed by atoms with E-state index in [0.29, 0.717) is 90.7 Å². The van der Waals surface area contributed by atoms with Crippen molar-refractivity contribution in [1.82, 2.24) is 0 Å². The molecule has 3 aliphatic rings. The van der Waals surface area contributed by atoms with Gasteiger partial charge in [-0.05, 0) is 156 Å². The molecule has 6 unspecified atom stereocenters. The molecular formula is C82H71F21O6. The molecule has 3 aliphatic heterocycles. The average Bonchev–Trinajstić information content (AvgIpc) is 0.785. The zero-order valence-electron chi connectivity index (χ0n) is 58.5. The Morgan fingerprint density at radius 1 is 0.294 bits per heavy atom. The highest BCUT2D eigenvalue weighted by Crippen LogP contribution is 2.44. The van der Waals surface area contributed by atoms with Crippen LogP contribution in [0.15, 0.2) is 146 Å². The van der Waals surface area contributed by atoms with E-state index >= 15 is 0 Å². The predicted molar refractivity (Wildman–Crippen MR) is 361 cm³/mol. The second kappa shape index (κ2) is 35.6. The maximum atomic E-state index is 14.7. The summed E-state index contributed by atoms with van der Waals surface area (Å²) in [4.78, 5) is 0. The molecule has 0 radical (unpaired) electrons. The van der Waals surface area contributed by atoms with Crippen molar-refractivity contribution in [3.63, 3.8) is 0 Å². The normalized spacial score (nSPS) is 18.3. The fourth-order valence-electron chi connectivity index (χ4n) is 13.2. The van der Waals surface area contributed by atoms with Gasteiger partial charge in [0.05, 0.1) is 38.1 Å². The Bertz CT molecular complexity index is 4450. The summed E-state index contributed by atoms with van der Waals surface area (Å²) >= 11 is 0. The lowest BCUT2D eigenvalue weighted by Crippen LogP contribution is -2.25. The van der Waals surface area contributed by atoms with Crippen LogP contribution in [-0.2, 0) is 32.5 Å². The van der Waals surface area contributed by atoms with E-state index < -0.39 is 140 Å². The molecule has 109 heavy (non-hydrogen) atoms. The van der Waals surface area contributed by atoms with Gasteiger partial charge in [0, 0.05) is 36.4 Å². The fourth-order valence-corrected chi connectivity index (χ4v) is 13.2. The van der Waals surface area contributed by atoms with Crippen molar-refractivity contribution in [2.24, 2.45) is 17.8 Å². The molecular weight excluding hydrogens is 1480 g/mol. The number of rotatable bonds is 22. The van der Waals surface area contributed by atoms with E-state index in [1.165, 1.54) is 19.3 Å². The Morgan fingerprint density at radius 2 is 0.550 bits per heavy atom. The van der Waals surface area contributed by atoms with Gasteiger partial charge in [-0.3, -0.25) is 0 Å². The number of halogens is 21. The molecule has 9 aromatic carbocycles. The van der Waals surface area contributed by atoms with Crippen molar-refractivity contribution in [2.45, 2.75) is 141 Å². The lowest BCUT2D eigenvalue weighted by atomic mass is 9.90. The van der Waals surface area contributed by atoms with E-state index in [4.69, 9.17) is 14.2 Å². The smallest absolute Gasteiger partial charge is 0.429 e. The van der Waals surface area contributed by atoms with Gasteiger partial charge in [-0.25, -0.2) is 65.9 Å². The average molecular weight is 1550 g/mol. The highest BCUT2D eigenvalue weighted by Gasteiger charge is 2.45. The van der Waals surface area contributed by atoms with Crippen LogP contribution < -0.4 is 14.2 Å². The zero-order chi connectivity index (χ0) is 78.8. The van der Waals surface area contributed by atoms with Gasteiger partial charge in [0.2, 0.25) is 0 Å². The second-order valence-corrected chi connectivity index (χ2v) is 26.8. The maximum Gasteiger partial charge on any atom is 0.432 e. The number of alkyl halides is 6. The lowest BCUT2D eigenvalue weighted by Gasteiger charge is -2.29. The van der Waals surface area contributed by atoms with Crippen LogP contribution in [0, 0.1) is 105 Å². The first-order chi connectivity index (χ1) is 51.8. The largest absolute Gasteiger partial charge is 0.432 e. The Hall–Kier alpha value is -9.21.